The van der Waals surface area contributed by atoms with Crippen molar-refractivity contribution in [3.8, 4) is 0 Å². The monoisotopic (exact) mass is 428 g/mol. The third kappa shape index (κ3) is 16.2. The van der Waals surface area contributed by atoms with E-state index in [1.807, 2.05) is 27.7 Å². The van der Waals surface area contributed by atoms with Crippen LogP contribution in [0, 0.1) is 11.8 Å². The summed E-state index contributed by atoms with van der Waals surface area (Å²) in [4.78, 5) is 20.2. The number of hydrogen-bond donors (Lipinski definition) is 2. The van der Waals surface area contributed by atoms with Crippen molar-refractivity contribution in [2.45, 2.75) is 92.6 Å². The second-order valence-corrected chi connectivity index (χ2v) is 8.59. The molecule has 8 nitrogen and oxygen atoms in total. The summed E-state index contributed by atoms with van der Waals surface area (Å²) in [5, 5.41) is 38.2. The molecular weight excluding hydrogens is 392 g/mol. The zero-order chi connectivity index (χ0) is 22.6. The predicted molar refractivity (Wildman–Crippen MR) is 93.4 cm³/mol. The van der Waals surface area contributed by atoms with Gasteiger partial charge in [0.15, 0.2) is 0 Å². The Morgan fingerprint density at radius 2 is 0.963 bits per heavy atom. The predicted octanol–water partition coefficient (Wildman–Crippen LogP) is 0.0355. The van der Waals surface area contributed by atoms with Crippen LogP contribution in [-0.4, -0.2) is 45.6 Å². The van der Waals surface area contributed by atoms with E-state index in [4.69, 9.17) is 16.8 Å². The second kappa shape index (κ2) is 14.5. The average Bonchev–Trinajstić information content (AvgIpc) is 2.46. The van der Waals surface area contributed by atoms with E-state index in [2.05, 4.69) is 0 Å². The Labute approximate surface area is 173 Å². The molecule has 0 aliphatic heterocycles. The summed E-state index contributed by atoms with van der Waals surface area (Å²) in [6.07, 6.45) is 0.646. The number of aliphatic hydroxyl groups is 2. The first-order valence-electron chi connectivity index (χ1n) is 8.84. The zero-order valence-corrected chi connectivity index (χ0v) is 19.7. The standard InChI is InChI=1S/2C6H12O3.2C3H7O.Ti/c2*1-4(2)6(3,9)5(7)8;2*1-3(2)4;/h2*4,9H,1-3H3,(H,7,8);2*3H,1-2H3;/q;;2*-1;+4/p-2. The van der Waals surface area contributed by atoms with Crippen molar-refractivity contribution in [1.29, 1.82) is 0 Å². The van der Waals surface area contributed by atoms with Crippen LogP contribution in [0.4, 0.5) is 0 Å². The molecule has 0 bridgehead atoms. The Morgan fingerprint density at radius 3 is 1.04 bits per heavy atom. The first-order chi connectivity index (χ1) is 11.9. The second-order valence-electron chi connectivity index (χ2n) is 7.60. The molecule has 0 saturated heterocycles. The SMILES string of the molecule is CC(C)C(C)(O)C(=O)[O-].CC(C)C(C)(O)C(=O)[O-].CC(C)[O][Ti+2][O]C(C)C. The van der Waals surface area contributed by atoms with Crippen LogP contribution in [-0.2, 0) is 36.2 Å². The maximum atomic E-state index is 10.1. The summed E-state index contributed by atoms with van der Waals surface area (Å²) < 4.78 is 10.5. The fourth-order valence-corrected chi connectivity index (χ4v) is 1.38. The molecule has 0 spiro atoms. The molecule has 0 aliphatic carbocycles. The van der Waals surface area contributed by atoms with Gasteiger partial charge in [-0.25, -0.2) is 0 Å². The fourth-order valence-electron chi connectivity index (χ4n) is 0.692. The third-order valence-electron chi connectivity index (χ3n) is 3.64. The molecule has 0 aromatic carbocycles. The quantitative estimate of drug-likeness (QED) is 0.517. The van der Waals surface area contributed by atoms with E-state index in [0.717, 1.165) is 0 Å². The van der Waals surface area contributed by atoms with E-state index in [0.29, 0.717) is 12.2 Å². The van der Waals surface area contributed by atoms with Crippen LogP contribution in [0.3, 0.4) is 0 Å². The number of aliphatic carboxylic acids is 2. The van der Waals surface area contributed by atoms with Gasteiger partial charge in [0, 0.05) is 0 Å². The summed E-state index contributed by atoms with van der Waals surface area (Å²) in [7, 11) is 0. The molecule has 160 valence electrons. The summed E-state index contributed by atoms with van der Waals surface area (Å²) in [5.41, 5.74) is -3.39. The van der Waals surface area contributed by atoms with Gasteiger partial charge in [0.25, 0.3) is 0 Å². The maximum absolute atomic E-state index is 10.1. The Bertz CT molecular complexity index is 380. The van der Waals surface area contributed by atoms with E-state index in [1.54, 1.807) is 27.7 Å². The van der Waals surface area contributed by atoms with Gasteiger partial charge in [-0.2, -0.15) is 0 Å². The topological polar surface area (TPSA) is 139 Å². The molecule has 0 aliphatic rings. The Hall–Kier alpha value is -0.506. The van der Waals surface area contributed by atoms with Gasteiger partial charge in [-0.1, -0.05) is 27.7 Å². The van der Waals surface area contributed by atoms with Crippen LogP contribution in [0.25, 0.3) is 0 Å². The molecule has 2 N–H and O–H groups in total. The normalized spacial score (nSPS) is 15.1. The van der Waals surface area contributed by atoms with Crippen LogP contribution in [0.2, 0.25) is 0 Å². The molecule has 2 unspecified atom stereocenters. The molecule has 27 heavy (non-hydrogen) atoms. The van der Waals surface area contributed by atoms with Gasteiger partial charge >= 0.3 is 66.5 Å². The van der Waals surface area contributed by atoms with Crippen LogP contribution in [0.15, 0.2) is 0 Å². The number of carboxylic acids is 2. The molecule has 0 rings (SSSR count). The van der Waals surface area contributed by atoms with Crippen LogP contribution >= 0.6 is 0 Å². The van der Waals surface area contributed by atoms with E-state index >= 15 is 0 Å². The molecule has 9 heteroatoms. The molecule has 0 aromatic heterocycles. The van der Waals surface area contributed by atoms with Gasteiger partial charge in [0.1, 0.15) is 11.2 Å². The van der Waals surface area contributed by atoms with Crippen molar-refractivity contribution in [3.63, 3.8) is 0 Å². The third-order valence-corrected chi connectivity index (χ3v) is 5.42. The van der Waals surface area contributed by atoms with E-state index in [9.17, 15) is 19.8 Å². The van der Waals surface area contributed by atoms with Crippen LogP contribution in [0.5, 0.6) is 0 Å². The average molecular weight is 428 g/mol. The molecular formula is C18H36O8Ti. The minimum absolute atomic E-state index is 0.317. The molecule has 0 fully saturated rings. The van der Waals surface area contributed by atoms with E-state index in [-0.39, 0.29) is 11.8 Å². The van der Waals surface area contributed by atoms with Crippen molar-refractivity contribution in [1.82, 2.24) is 0 Å². The van der Waals surface area contributed by atoms with Crippen molar-refractivity contribution in [2.24, 2.45) is 11.8 Å². The zero-order valence-electron chi connectivity index (χ0n) is 18.2. The molecule has 2 atom stereocenters. The first-order valence-corrected chi connectivity index (χ1v) is 10.1. The van der Waals surface area contributed by atoms with Gasteiger partial charge in [-0.3, -0.25) is 0 Å². The Kier molecular flexibility index (Phi) is 16.7. The van der Waals surface area contributed by atoms with E-state index < -0.39 is 43.1 Å². The molecule has 0 aromatic rings. The van der Waals surface area contributed by atoms with Crippen molar-refractivity contribution < 1.29 is 56.6 Å². The number of carbonyl (C=O) groups excluding carboxylic acids is 2. The van der Waals surface area contributed by atoms with Crippen LogP contribution < -0.4 is 10.2 Å². The molecule has 0 radical (unpaired) electrons. The minimum atomic E-state index is -1.69. The molecule has 0 heterocycles. The Morgan fingerprint density at radius 1 is 0.741 bits per heavy atom. The number of rotatable bonds is 8. The van der Waals surface area contributed by atoms with E-state index in [1.165, 1.54) is 13.8 Å². The van der Waals surface area contributed by atoms with Gasteiger partial charge < -0.3 is 30.0 Å². The van der Waals surface area contributed by atoms with Crippen molar-refractivity contribution >= 4 is 11.9 Å². The number of carboxylic acid groups (broad SMARTS) is 2. The fraction of sp³-hybridized carbons (Fsp3) is 0.889. The van der Waals surface area contributed by atoms with Gasteiger partial charge in [0.2, 0.25) is 0 Å². The Balaban J connectivity index is -0.000000320. The van der Waals surface area contributed by atoms with Gasteiger partial charge in [-0.05, 0) is 25.7 Å². The molecule has 0 saturated carbocycles. The van der Waals surface area contributed by atoms with Crippen molar-refractivity contribution in [2.75, 3.05) is 0 Å². The number of hydrogen-bond acceptors (Lipinski definition) is 8. The van der Waals surface area contributed by atoms with Crippen molar-refractivity contribution in [3.05, 3.63) is 0 Å². The summed E-state index contributed by atoms with van der Waals surface area (Å²) in [6.45, 7) is 17.0. The summed E-state index contributed by atoms with van der Waals surface area (Å²) in [5.74, 6) is -3.47. The summed E-state index contributed by atoms with van der Waals surface area (Å²) >= 11 is -0.574. The molecule has 0 amide bonds. The first kappa shape index (κ1) is 31.2. The van der Waals surface area contributed by atoms with Gasteiger partial charge in [0.05, 0.1) is 11.9 Å². The number of carbonyl (C=O) groups is 2. The van der Waals surface area contributed by atoms with Gasteiger partial charge in [-0.15, -0.1) is 0 Å². The summed E-state index contributed by atoms with van der Waals surface area (Å²) in [6, 6.07) is 0. The van der Waals surface area contributed by atoms with Crippen LogP contribution in [0.1, 0.15) is 69.2 Å².